The first-order valence-electron chi connectivity index (χ1n) is 7.41. The maximum atomic E-state index is 12.4. The van der Waals surface area contributed by atoms with E-state index in [0.717, 1.165) is 37.9 Å². The predicted molar refractivity (Wildman–Crippen MR) is 80.0 cm³/mol. The first-order chi connectivity index (χ1) is 9.53. The molecule has 1 aromatic heterocycles. The fraction of sp³-hybridized carbons (Fsp3) is 0.714. The first kappa shape index (κ1) is 15.5. The summed E-state index contributed by atoms with van der Waals surface area (Å²) in [5, 5.41) is 3.22. The van der Waals surface area contributed by atoms with Gasteiger partial charge in [-0.3, -0.25) is 0 Å². The summed E-state index contributed by atoms with van der Waals surface area (Å²) in [5.74, 6) is 0. The highest BCUT2D eigenvalue weighted by Gasteiger charge is 2.23. The minimum absolute atomic E-state index is 0.103. The van der Waals surface area contributed by atoms with Crippen LogP contribution in [0.3, 0.4) is 0 Å². The van der Waals surface area contributed by atoms with Crippen molar-refractivity contribution in [3.05, 3.63) is 18.0 Å². The molecule has 20 heavy (non-hydrogen) atoms. The van der Waals surface area contributed by atoms with Crippen molar-refractivity contribution in [2.24, 2.45) is 7.05 Å². The van der Waals surface area contributed by atoms with Gasteiger partial charge in [-0.05, 0) is 25.5 Å². The molecular weight excluding hydrogens is 274 g/mol. The SMILES string of the molecule is CCNCc1cc(S(=O)(=O)NC2CCCCC2)cn1C. The van der Waals surface area contributed by atoms with Crippen molar-refractivity contribution in [1.82, 2.24) is 14.6 Å². The fourth-order valence-electron chi connectivity index (χ4n) is 2.66. The number of nitrogens with zero attached hydrogens (tertiary/aromatic N) is 1. The molecule has 0 bridgehead atoms. The number of nitrogens with one attached hydrogen (secondary N) is 2. The molecule has 1 fully saturated rings. The number of hydrogen-bond acceptors (Lipinski definition) is 3. The van der Waals surface area contributed by atoms with Gasteiger partial charge < -0.3 is 9.88 Å². The van der Waals surface area contributed by atoms with Crippen LogP contribution in [0.15, 0.2) is 17.2 Å². The van der Waals surface area contributed by atoms with E-state index in [2.05, 4.69) is 10.0 Å². The number of rotatable bonds is 6. The maximum absolute atomic E-state index is 12.4. The Kier molecular flexibility index (Phi) is 5.23. The molecule has 114 valence electrons. The Morgan fingerprint density at radius 1 is 1.30 bits per heavy atom. The minimum Gasteiger partial charge on any atom is -0.352 e. The molecule has 1 saturated carbocycles. The smallest absolute Gasteiger partial charge is 0.242 e. The van der Waals surface area contributed by atoms with Gasteiger partial charge in [0.25, 0.3) is 0 Å². The van der Waals surface area contributed by atoms with Crippen molar-refractivity contribution in [2.45, 2.75) is 56.5 Å². The van der Waals surface area contributed by atoms with Gasteiger partial charge in [-0.2, -0.15) is 0 Å². The molecule has 5 nitrogen and oxygen atoms in total. The van der Waals surface area contributed by atoms with Crippen molar-refractivity contribution in [3.8, 4) is 0 Å². The zero-order chi connectivity index (χ0) is 14.6. The van der Waals surface area contributed by atoms with Crippen LogP contribution in [0.2, 0.25) is 0 Å². The zero-order valence-electron chi connectivity index (χ0n) is 12.4. The molecule has 0 atom stereocenters. The van der Waals surface area contributed by atoms with Gasteiger partial charge in [0, 0.05) is 31.5 Å². The summed E-state index contributed by atoms with van der Waals surface area (Å²) < 4.78 is 29.5. The van der Waals surface area contributed by atoms with E-state index < -0.39 is 10.0 Å². The van der Waals surface area contributed by atoms with E-state index in [1.165, 1.54) is 6.42 Å². The van der Waals surface area contributed by atoms with E-state index in [1.54, 1.807) is 12.3 Å². The van der Waals surface area contributed by atoms with E-state index in [0.29, 0.717) is 11.4 Å². The molecule has 0 aliphatic heterocycles. The van der Waals surface area contributed by atoms with Crippen molar-refractivity contribution in [3.63, 3.8) is 0 Å². The molecule has 0 spiro atoms. The molecule has 0 radical (unpaired) electrons. The van der Waals surface area contributed by atoms with Gasteiger partial charge in [-0.25, -0.2) is 13.1 Å². The largest absolute Gasteiger partial charge is 0.352 e. The van der Waals surface area contributed by atoms with E-state index in [4.69, 9.17) is 0 Å². The average molecular weight is 299 g/mol. The van der Waals surface area contributed by atoms with Gasteiger partial charge in [-0.1, -0.05) is 26.2 Å². The lowest BCUT2D eigenvalue weighted by molar-refractivity contribution is 0.412. The third-order valence-electron chi connectivity index (χ3n) is 3.88. The number of sulfonamides is 1. The van der Waals surface area contributed by atoms with E-state index >= 15 is 0 Å². The van der Waals surface area contributed by atoms with Crippen LogP contribution < -0.4 is 10.0 Å². The highest BCUT2D eigenvalue weighted by molar-refractivity contribution is 7.89. The lowest BCUT2D eigenvalue weighted by atomic mass is 9.96. The van der Waals surface area contributed by atoms with Crippen molar-refractivity contribution in [2.75, 3.05) is 6.54 Å². The van der Waals surface area contributed by atoms with Gasteiger partial charge in [0.1, 0.15) is 0 Å². The monoisotopic (exact) mass is 299 g/mol. The molecule has 1 aliphatic carbocycles. The Balaban J connectivity index is 2.08. The Labute approximate surface area is 121 Å². The Hall–Kier alpha value is -0.850. The molecule has 6 heteroatoms. The Bertz CT molecular complexity index is 531. The van der Waals surface area contributed by atoms with Gasteiger partial charge in [0.15, 0.2) is 0 Å². The molecule has 0 aromatic carbocycles. The summed E-state index contributed by atoms with van der Waals surface area (Å²) in [7, 11) is -1.50. The highest BCUT2D eigenvalue weighted by atomic mass is 32.2. The van der Waals surface area contributed by atoms with Crippen molar-refractivity contribution >= 4 is 10.0 Å². The topological polar surface area (TPSA) is 63.1 Å². The number of aryl methyl sites for hydroxylation is 1. The lowest BCUT2D eigenvalue weighted by Crippen LogP contribution is -2.36. The Morgan fingerprint density at radius 2 is 2.00 bits per heavy atom. The van der Waals surface area contributed by atoms with Crippen LogP contribution >= 0.6 is 0 Å². The van der Waals surface area contributed by atoms with Gasteiger partial charge in [-0.15, -0.1) is 0 Å². The summed E-state index contributed by atoms with van der Waals surface area (Å²) in [6, 6.07) is 1.86. The second-order valence-electron chi connectivity index (χ2n) is 5.51. The van der Waals surface area contributed by atoms with Gasteiger partial charge in [0.05, 0.1) is 4.90 Å². The van der Waals surface area contributed by atoms with Crippen LogP contribution in [-0.4, -0.2) is 25.6 Å². The van der Waals surface area contributed by atoms with E-state index in [-0.39, 0.29) is 6.04 Å². The third kappa shape index (κ3) is 3.84. The number of aromatic nitrogens is 1. The predicted octanol–water partition coefficient (Wildman–Crippen LogP) is 1.75. The standard InChI is InChI=1S/C14H25N3O2S/c1-3-15-10-13-9-14(11-17(13)2)20(18,19)16-12-7-5-4-6-8-12/h9,11-12,15-16H,3-8,10H2,1-2H3. The van der Waals surface area contributed by atoms with Crippen LogP contribution in [0.4, 0.5) is 0 Å². The van der Waals surface area contributed by atoms with E-state index in [9.17, 15) is 8.42 Å². The quantitative estimate of drug-likeness (QED) is 0.841. The summed E-state index contributed by atoms with van der Waals surface area (Å²) in [6.45, 7) is 3.59. The molecular formula is C14H25N3O2S. The van der Waals surface area contributed by atoms with Crippen LogP contribution in [0.25, 0.3) is 0 Å². The fourth-order valence-corrected chi connectivity index (χ4v) is 4.06. The second-order valence-corrected chi connectivity index (χ2v) is 7.23. The first-order valence-corrected chi connectivity index (χ1v) is 8.89. The van der Waals surface area contributed by atoms with Crippen molar-refractivity contribution in [1.29, 1.82) is 0 Å². The zero-order valence-corrected chi connectivity index (χ0v) is 13.2. The van der Waals surface area contributed by atoms with Gasteiger partial charge in [0.2, 0.25) is 10.0 Å². The molecule has 0 amide bonds. The van der Waals surface area contributed by atoms with Crippen LogP contribution in [0.5, 0.6) is 0 Å². The summed E-state index contributed by atoms with van der Waals surface area (Å²) in [4.78, 5) is 0.374. The molecule has 1 aromatic rings. The summed E-state index contributed by atoms with van der Waals surface area (Å²) in [5.41, 5.74) is 0.982. The average Bonchev–Trinajstić information content (AvgIpc) is 2.79. The van der Waals surface area contributed by atoms with Crippen molar-refractivity contribution < 1.29 is 8.42 Å². The maximum Gasteiger partial charge on any atom is 0.242 e. The minimum atomic E-state index is -3.39. The summed E-state index contributed by atoms with van der Waals surface area (Å²) >= 11 is 0. The molecule has 2 rings (SSSR count). The second kappa shape index (κ2) is 6.74. The Morgan fingerprint density at radius 3 is 2.65 bits per heavy atom. The summed E-state index contributed by atoms with van der Waals surface area (Å²) in [6.07, 6.45) is 7.06. The van der Waals surface area contributed by atoms with Gasteiger partial charge >= 0.3 is 0 Å². The van der Waals surface area contributed by atoms with Crippen LogP contribution in [0, 0.1) is 0 Å². The molecule has 2 N–H and O–H groups in total. The normalized spacial score (nSPS) is 17.5. The third-order valence-corrected chi connectivity index (χ3v) is 5.36. The van der Waals surface area contributed by atoms with Crippen LogP contribution in [0.1, 0.15) is 44.7 Å². The van der Waals surface area contributed by atoms with Crippen LogP contribution in [-0.2, 0) is 23.6 Å². The molecule has 1 heterocycles. The molecule has 0 unspecified atom stereocenters. The number of hydrogen-bond donors (Lipinski definition) is 2. The molecule has 1 aliphatic rings. The highest BCUT2D eigenvalue weighted by Crippen LogP contribution is 2.20. The molecule has 0 saturated heterocycles. The lowest BCUT2D eigenvalue weighted by Gasteiger charge is -2.22. The van der Waals surface area contributed by atoms with E-state index in [1.807, 2.05) is 18.5 Å².